The van der Waals surface area contributed by atoms with Crippen LogP contribution in [0, 0.1) is 11.8 Å². The molecule has 1 heteroatoms. The highest BCUT2D eigenvalue weighted by molar-refractivity contribution is 4.81. The van der Waals surface area contributed by atoms with E-state index < -0.39 is 0 Å². The third-order valence-electron chi connectivity index (χ3n) is 4.63. The minimum Gasteiger partial charge on any atom is -0.314 e. The lowest BCUT2D eigenvalue weighted by molar-refractivity contribution is 0.213. The number of rotatable bonds is 9. The average Bonchev–Trinajstić information content (AvgIpc) is 2.37. The number of unbranched alkanes of at least 4 members (excludes halogenated alkanes) is 4. The number of nitrogens with one attached hydrogen (secondary N) is 1. The molecule has 1 aliphatic carbocycles. The zero-order valence-electron chi connectivity index (χ0n) is 13.0. The molecule has 1 fully saturated rings. The highest BCUT2D eigenvalue weighted by atomic mass is 14.9. The van der Waals surface area contributed by atoms with Gasteiger partial charge in [-0.3, -0.25) is 0 Å². The van der Waals surface area contributed by atoms with Crippen LogP contribution in [-0.2, 0) is 0 Å². The van der Waals surface area contributed by atoms with Gasteiger partial charge in [0.25, 0.3) is 0 Å². The van der Waals surface area contributed by atoms with Gasteiger partial charge < -0.3 is 5.32 Å². The van der Waals surface area contributed by atoms with Gasteiger partial charge in [-0.25, -0.2) is 0 Å². The van der Waals surface area contributed by atoms with Crippen LogP contribution in [0.15, 0.2) is 0 Å². The van der Waals surface area contributed by atoms with E-state index in [0.29, 0.717) is 0 Å². The Balaban J connectivity index is 2.24. The quantitative estimate of drug-likeness (QED) is 0.560. The third kappa shape index (κ3) is 6.22. The van der Waals surface area contributed by atoms with Crippen molar-refractivity contribution in [3.8, 4) is 0 Å². The molecule has 3 atom stereocenters. The zero-order valence-corrected chi connectivity index (χ0v) is 13.0. The molecule has 0 radical (unpaired) electrons. The summed E-state index contributed by atoms with van der Waals surface area (Å²) in [6.07, 6.45) is 14.4. The normalized spacial score (nSPS) is 26.2. The first-order valence-corrected chi connectivity index (χ1v) is 8.51. The van der Waals surface area contributed by atoms with Gasteiger partial charge in [-0.15, -0.1) is 0 Å². The standard InChI is InChI=1S/C17H35N/c1-4-6-7-8-9-13-17(18-5-2)16-12-10-11-15(3)14-16/h15-18H,4-14H2,1-3H3. The van der Waals surface area contributed by atoms with Gasteiger partial charge in [0.2, 0.25) is 0 Å². The number of hydrogen-bond acceptors (Lipinski definition) is 1. The molecule has 3 unspecified atom stereocenters. The summed E-state index contributed by atoms with van der Waals surface area (Å²) in [6, 6.07) is 0.805. The molecule has 0 heterocycles. The van der Waals surface area contributed by atoms with Crippen molar-refractivity contribution in [3.63, 3.8) is 0 Å². The molecular weight excluding hydrogens is 218 g/mol. The summed E-state index contributed by atoms with van der Waals surface area (Å²) in [6.45, 7) is 8.14. The van der Waals surface area contributed by atoms with Crippen molar-refractivity contribution >= 4 is 0 Å². The Labute approximate surface area is 115 Å². The van der Waals surface area contributed by atoms with Gasteiger partial charge in [0.15, 0.2) is 0 Å². The van der Waals surface area contributed by atoms with E-state index in [1.165, 1.54) is 64.2 Å². The van der Waals surface area contributed by atoms with Gasteiger partial charge in [0, 0.05) is 6.04 Å². The molecule has 0 aromatic rings. The Morgan fingerprint density at radius 3 is 2.50 bits per heavy atom. The molecule has 0 bridgehead atoms. The maximum Gasteiger partial charge on any atom is 0.00953 e. The van der Waals surface area contributed by atoms with Gasteiger partial charge in [-0.05, 0) is 37.6 Å². The molecule has 1 N–H and O–H groups in total. The molecule has 1 nitrogen and oxygen atoms in total. The van der Waals surface area contributed by atoms with Gasteiger partial charge in [0.05, 0.1) is 0 Å². The van der Waals surface area contributed by atoms with Gasteiger partial charge >= 0.3 is 0 Å². The molecule has 0 saturated heterocycles. The molecule has 1 rings (SSSR count). The van der Waals surface area contributed by atoms with Crippen molar-refractivity contribution < 1.29 is 0 Å². The molecule has 18 heavy (non-hydrogen) atoms. The average molecular weight is 253 g/mol. The van der Waals surface area contributed by atoms with Crippen molar-refractivity contribution in [1.82, 2.24) is 5.32 Å². The van der Waals surface area contributed by atoms with Crippen LogP contribution in [-0.4, -0.2) is 12.6 Å². The minimum absolute atomic E-state index is 0.805. The SMILES string of the molecule is CCCCCCCC(NCC)C1CCCC(C)C1. The molecule has 0 spiro atoms. The summed E-state index contributed by atoms with van der Waals surface area (Å²) < 4.78 is 0. The minimum atomic E-state index is 0.805. The van der Waals surface area contributed by atoms with E-state index in [-0.39, 0.29) is 0 Å². The summed E-state index contributed by atoms with van der Waals surface area (Å²) in [5.74, 6) is 1.92. The third-order valence-corrected chi connectivity index (χ3v) is 4.63. The van der Waals surface area contributed by atoms with Crippen LogP contribution in [0.2, 0.25) is 0 Å². The maximum absolute atomic E-state index is 3.76. The zero-order chi connectivity index (χ0) is 13.2. The van der Waals surface area contributed by atoms with Crippen molar-refractivity contribution in [1.29, 1.82) is 0 Å². The van der Waals surface area contributed by atoms with E-state index in [9.17, 15) is 0 Å². The van der Waals surface area contributed by atoms with Crippen molar-refractivity contribution in [2.24, 2.45) is 11.8 Å². The molecule has 0 amide bonds. The second-order valence-electron chi connectivity index (χ2n) is 6.40. The fourth-order valence-electron chi connectivity index (χ4n) is 3.58. The first kappa shape index (κ1) is 16.0. The maximum atomic E-state index is 3.76. The van der Waals surface area contributed by atoms with Crippen LogP contribution in [0.25, 0.3) is 0 Å². The molecule has 1 aliphatic rings. The Kier molecular flexibility index (Phi) is 8.75. The fourth-order valence-corrected chi connectivity index (χ4v) is 3.58. The van der Waals surface area contributed by atoms with Crippen LogP contribution in [0.4, 0.5) is 0 Å². The van der Waals surface area contributed by atoms with Crippen molar-refractivity contribution in [2.75, 3.05) is 6.54 Å². The lowest BCUT2D eigenvalue weighted by atomic mass is 9.77. The van der Waals surface area contributed by atoms with E-state index >= 15 is 0 Å². The van der Waals surface area contributed by atoms with Crippen LogP contribution in [0.3, 0.4) is 0 Å². The molecule has 0 aromatic carbocycles. The van der Waals surface area contributed by atoms with Crippen LogP contribution >= 0.6 is 0 Å². The van der Waals surface area contributed by atoms with Gasteiger partial charge in [0.1, 0.15) is 0 Å². The fraction of sp³-hybridized carbons (Fsp3) is 1.00. The van der Waals surface area contributed by atoms with Crippen molar-refractivity contribution in [3.05, 3.63) is 0 Å². The van der Waals surface area contributed by atoms with Gasteiger partial charge in [-0.2, -0.15) is 0 Å². The largest absolute Gasteiger partial charge is 0.314 e. The molecule has 0 aliphatic heterocycles. The Hall–Kier alpha value is -0.0400. The van der Waals surface area contributed by atoms with Crippen molar-refractivity contribution in [2.45, 2.75) is 91.0 Å². The van der Waals surface area contributed by atoms with E-state index in [1.54, 1.807) is 0 Å². The highest BCUT2D eigenvalue weighted by Crippen LogP contribution is 2.32. The van der Waals surface area contributed by atoms with E-state index in [0.717, 1.165) is 24.4 Å². The predicted molar refractivity (Wildman–Crippen MR) is 82.0 cm³/mol. The Bertz CT molecular complexity index is 190. The summed E-state index contributed by atoms with van der Waals surface area (Å²) >= 11 is 0. The van der Waals surface area contributed by atoms with Crippen LogP contribution in [0.1, 0.15) is 85.0 Å². The lowest BCUT2D eigenvalue weighted by Crippen LogP contribution is -2.38. The predicted octanol–water partition coefficient (Wildman–Crippen LogP) is 5.15. The molecular formula is C17H35N. The summed E-state index contributed by atoms with van der Waals surface area (Å²) in [5.41, 5.74) is 0. The smallest absolute Gasteiger partial charge is 0.00953 e. The number of hydrogen-bond donors (Lipinski definition) is 1. The Morgan fingerprint density at radius 1 is 1.06 bits per heavy atom. The first-order valence-electron chi connectivity index (χ1n) is 8.51. The second kappa shape index (κ2) is 9.83. The highest BCUT2D eigenvalue weighted by Gasteiger charge is 2.25. The second-order valence-corrected chi connectivity index (χ2v) is 6.40. The van der Waals surface area contributed by atoms with E-state index in [2.05, 4.69) is 26.1 Å². The van der Waals surface area contributed by atoms with Gasteiger partial charge in [-0.1, -0.05) is 65.7 Å². The monoisotopic (exact) mass is 253 g/mol. The molecule has 0 aromatic heterocycles. The molecule has 1 saturated carbocycles. The van der Waals surface area contributed by atoms with Crippen LogP contribution < -0.4 is 5.32 Å². The summed E-state index contributed by atoms with van der Waals surface area (Å²) in [5, 5.41) is 3.76. The van der Waals surface area contributed by atoms with E-state index in [4.69, 9.17) is 0 Å². The Morgan fingerprint density at radius 2 is 1.83 bits per heavy atom. The summed E-state index contributed by atoms with van der Waals surface area (Å²) in [4.78, 5) is 0. The first-order chi connectivity index (χ1) is 8.77. The topological polar surface area (TPSA) is 12.0 Å². The summed E-state index contributed by atoms with van der Waals surface area (Å²) in [7, 11) is 0. The van der Waals surface area contributed by atoms with E-state index in [1.807, 2.05) is 0 Å². The van der Waals surface area contributed by atoms with Crippen LogP contribution in [0.5, 0.6) is 0 Å². The lowest BCUT2D eigenvalue weighted by Gasteiger charge is -2.34. The molecule has 108 valence electrons.